The van der Waals surface area contributed by atoms with Crippen LogP contribution in [0.25, 0.3) is 0 Å². The van der Waals surface area contributed by atoms with Gasteiger partial charge in [0.15, 0.2) is 0 Å². The summed E-state index contributed by atoms with van der Waals surface area (Å²) in [5.74, 6) is -1.91. The topological polar surface area (TPSA) is 90.0 Å². The smallest absolute Gasteiger partial charge is 0.304 e. The van der Waals surface area contributed by atoms with Crippen molar-refractivity contribution in [1.82, 2.24) is 14.5 Å². The number of anilines is 1. The predicted molar refractivity (Wildman–Crippen MR) is 148 cm³/mol. The lowest BCUT2D eigenvalue weighted by Crippen LogP contribution is -2.54. The second-order valence-electron chi connectivity index (χ2n) is 9.49. The van der Waals surface area contributed by atoms with Gasteiger partial charge in [-0.15, -0.1) is 0 Å². The standard InChI is InChI=1S/C26H33Cl2FN4O4S/c1-18(26(35)30-19-10-5-4-6-11-19)32(16-20-21(27)12-9-13-22(20)28)25(34)17-33(38(36,37)31(2)3)24-15-8-7-14-23(24)29/h7-9,12-15,18-19H,4-6,10-11,16-17H2,1-3H3,(H,30,35)/t18-/m1/s1. The highest BCUT2D eigenvalue weighted by Crippen LogP contribution is 2.28. The highest BCUT2D eigenvalue weighted by atomic mass is 35.5. The molecule has 0 aromatic heterocycles. The van der Waals surface area contributed by atoms with E-state index in [2.05, 4.69) is 5.32 Å². The molecule has 1 atom stereocenters. The molecule has 1 fully saturated rings. The van der Waals surface area contributed by atoms with E-state index < -0.39 is 34.5 Å². The number of nitrogens with zero attached hydrogens (tertiary/aromatic N) is 3. The summed E-state index contributed by atoms with van der Waals surface area (Å²) in [5.41, 5.74) is 0.124. The molecule has 0 heterocycles. The van der Waals surface area contributed by atoms with Crippen LogP contribution < -0.4 is 9.62 Å². The lowest BCUT2D eigenvalue weighted by Gasteiger charge is -2.34. The maximum atomic E-state index is 14.7. The summed E-state index contributed by atoms with van der Waals surface area (Å²) < 4.78 is 42.7. The van der Waals surface area contributed by atoms with Crippen LogP contribution in [0.2, 0.25) is 10.0 Å². The molecule has 0 spiro atoms. The van der Waals surface area contributed by atoms with Gasteiger partial charge in [0.05, 0.1) is 5.69 Å². The van der Waals surface area contributed by atoms with E-state index in [4.69, 9.17) is 23.2 Å². The Morgan fingerprint density at radius 1 is 1.03 bits per heavy atom. The average molecular weight is 588 g/mol. The van der Waals surface area contributed by atoms with Crippen LogP contribution in [0.15, 0.2) is 42.5 Å². The number of hydrogen-bond donors (Lipinski definition) is 1. The van der Waals surface area contributed by atoms with Gasteiger partial charge in [-0.1, -0.05) is 60.7 Å². The molecule has 2 aromatic rings. The van der Waals surface area contributed by atoms with Crippen LogP contribution in [-0.4, -0.2) is 62.2 Å². The Labute approximate surface area is 233 Å². The van der Waals surface area contributed by atoms with E-state index in [1.165, 1.54) is 37.2 Å². The third-order valence-corrected chi connectivity index (χ3v) is 9.16. The van der Waals surface area contributed by atoms with Gasteiger partial charge < -0.3 is 10.2 Å². The number of halogens is 3. The first-order chi connectivity index (χ1) is 17.9. The lowest BCUT2D eigenvalue weighted by atomic mass is 9.95. The first kappa shape index (κ1) is 30.1. The van der Waals surface area contributed by atoms with Crippen LogP contribution in [0.5, 0.6) is 0 Å². The average Bonchev–Trinajstić information content (AvgIpc) is 2.87. The molecule has 38 heavy (non-hydrogen) atoms. The fourth-order valence-corrected chi connectivity index (χ4v) is 5.94. The lowest BCUT2D eigenvalue weighted by molar-refractivity contribution is -0.139. The molecular weight excluding hydrogens is 554 g/mol. The van der Waals surface area contributed by atoms with Gasteiger partial charge in [0.2, 0.25) is 11.8 Å². The van der Waals surface area contributed by atoms with Gasteiger partial charge in [0.1, 0.15) is 18.4 Å². The Kier molecular flexibility index (Phi) is 10.4. The van der Waals surface area contributed by atoms with Crippen molar-refractivity contribution in [2.24, 2.45) is 0 Å². The van der Waals surface area contributed by atoms with Gasteiger partial charge in [-0.2, -0.15) is 12.7 Å². The molecule has 0 unspecified atom stereocenters. The number of nitrogens with one attached hydrogen (secondary N) is 1. The van der Waals surface area contributed by atoms with Gasteiger partial charge in [0.25, 0.3) is 0 Å². The van der Waals surface area contributed by atoms with Gasteiger partial charge >= 0.3 is 10.2 Å². The minimum Gasteiger partial charge on any atom is -0.352 e. The quantitative estimate of drug-likeness (QED) is 0.440. The van der Waals surface area contributed by atoms with Crippen molar-refractivity contribution < 1.29 is 22.4 Å². The Balaban J connectivity index is 1.97. The number of para-hydroxylation sites is 1. The van der Waals surface area contributed by atoms with Crippen LogP contribution in [0, 0.1) is 5.82 Å². The largest absolute Gasteiger partial charge is 0.352 e. The maximum absolute atomic E-state index is 14.7. The maximum Gasteiger partial charge on any atom is 0.304 e. The summed E-state index contributed by atoms with van der Waals surface area (Å²) in [5, 5.41) is 3.60. The predicted octanol–water partition coefficient (Wildman–Crippen LogP) is 4.61. The second kappa shape index (κ2) is 13.1. The summed E-state index contributed by atoms with van der Waals surface area (Å²) in [6.07, 6.45) is 4.84. The minimum absolute atomic E-state index is 0.00332. The van der Waals surface area contributed by atoms with E-state index in [1.54, 1.807) is 25.1 Å². The monoisotopic (exact) mass is 586 g/mol. The van der Waals surface area contributed by atoms with Crippen molar-refractivity contribution in [3.63, 3.8) is 0 Å². The molecule has 0 radical (unpaired) electrons. The zero-order chi connectivity index (χ0) is 28.0. The fraction of sp³-hybridized carbons (Fsp3) is 0.462. The van der Waals surface area contributed by atoms with Crippen molar-refractivity contribution in [3.8, 4) is 0 Å². The molecule has 1 N–H and O–H groups in total. The van der Waals surface area contributed by atoms with Gasteiger partial charge in [-0.3, -0.25) is 9.59 Å². The molecule has 8 nitrogen and oxygen atoms in total. The van der Waals surface area contributed by atoms with Gasteiger partial charge in [-0.05, 0) is 44.0 Å². The van der Waals surface area contributed by atoms with E-state index in [0.29, 0.717) is 19.9 Å². The number of carbonyl (C=O) groups excluding carboxylic acids is 2. The van der Waals surface area contributed by atoms with E-state index in [1.807, 2.05) is 0 Å². The number of hydrogen-bond acceptors (Lipinski definition) is 4. The Morgan fingerprint density at radius 3 is 2.21 bits per heavy atom. The number of carbonyl (C=O) groups is 2. The van der Waals surface area contributed by atoms with Crippen LogP contribution >= 0.6 is 23.2 Å². The fourth-order valence-electron chi connectivity index (χ4n) is 4.36. The molecule has 0 saturated heterocycles. The summed E-state index contributed by atoms with van der Waals surface area (Å²) in [6, 6.07) is 9.18. The molecule has 2 amide bonds. The van der Waals surface area contributed by atoms with Crippen molar-refractivity contribution in [1.29, 1.82) is 0 Å². The molecule has 208 valence electrons. The summed E-state index contributed by atoms with van der Waals surface area (Å²) in [4.78, 5) is 28.3. The van der Waals surface area contributed by atoms with E-state index >= 15 is 0 Å². The summed E-state index contributed by atoms with van der Waals surface area (Å²) >= 11 is 12.7. The highest BCUT2D eigenvalue weighted by molar-refractivity contribution is 7.90. The number of rotatable bonds is 10. The zero-order valence-corrected chi connectivity index (χ0v) is 24.0. The Hall–Kier alpha value is -2.40. The Bertz CT molecular complexity index is 1240. The van der Waals surface area contributed by atoms with Crippen LogP contribution in [0.1, 0.15) is 44.6 Å². The van der Waals surface area contributed by atoms with E-state index in [-0.39, 0.29) is 24.2 Å². The molecule has 1 aliphatic rings. The van der Waals surface area contributed by atoms with Gasteiger partial charge in [0, 0.05) is 42.3 Å². The number of amides is 2. The summed E-state index contributed by atoms with van der Waals surface area (Å²) in [6.45, 7) is 0.670. The minimum atomic E-state index is -4.27. The van der Waals surface area contributed by atoms with Crippen molar-refractivity contribution in [2.45, 2.75) is 57.7 Å². The SMILES string of the molecule is C[C@H](C(=O)NC1CCCCC1)N(Cc1c(Cl)cccc1Cl)C(=O)CN(c1ccccc1F)S(=O)(=O)N(C)C. The van der Waals surface area contributed by atoms with Crippen LogP contribution in [0.4, 0.5) is 10.1 Å². The third-order valence-electron chi connectivity index (χ3n) is 6.65. The molecule has 0 aliphatic heterocycles. The van der Waals surface area contributed by atoms with E-state index in [0.717, 1.165) is 42.5 Å². The normalized spacial score (nSPS) is 15.2. The molecule has 0 bridgehead atoms. The van der Waals surface area contributed by atoms with Crippen molar-refractivity contribution >= 4 is 50.9 Å². The number of benzene rings is 2. The Morgan fingerprint density at radius 2 is 1.63 bits per heavy atom. The van der Waals surface area contributed by atoms with Crippen LogP contribution in [0.3, 0.4) is 0 Å². The molecule has 1 saturated carbocycles. The molecular formula is C26H33Cl2FN4O4S. The molecule has 12 heteroatoms. The molecule has 1 aliphatic carbocycles. The van der Waals surface area contributed by atoms with Gasteiger partial charge in [-0.25, -0.2) is 8.70 Å². The van der Waals surface area contributed by atoms with Crippen molar-refractivity contribution in [2.75, 3.05) is 24.9 Å². The highest BCUT2D eigenvalue weighted by Gasteiger charge is 2.34. The van der Waals surface area contributed by atoms with Crippen LogP contribution in [-0.2, 0) is 26.3 Å². The van der Waals surface area contributed by atoms with Crippen molar-refractivity contribution in [3.05, 3.63) is 63.9 Å². The third kappa shape index (κ3) is 7.16. The second-order valence-corrected chi connectivity index (χ2v) is 12.4. The summed E-state index contributed by atoms with van der Waals surface area (Å²) in [7, 11) is -1.70. The molecule has 3 rings (SSSR count). The first-order valence-corrected chi connectivity index (χ1v) is 14.6. The first-order valence-electron chi connectivity index (χ1n) is 12.4. The zero-order valence-electron chi connectivity index (χ0n) is 21.7. The van der Waals surface area contributed by atoms with E-state index in [9.17, 15) is 22.4 Å². The molecule has 2 aromatic carbocycles.